The Morgan fingerprint density at radius 2 is 1.19 bits per heavy atom. The lowest BCUT2D eigenvalue weighted by Crippen LogP contribution is -2.30. The highest BCUT2D eigenvalue weighted by Gasteiger charge is 2.37. The smallest absolute Gasteiger partial charge is 0.0610 e. The lowest BCUT2D eigenvalue weighted by Gasteiger charge is -2.42. The fourth-order valence-electron chi connectivity index (χ4n) is 7.82. The Labute approximate surface area is 256 Å². The van der Waals surface area contributed by atoms with E-state index in [0.29, 0.717) is 0 Å². The fraction of sp³-hybridized carbons (Fsp3) is 0.150. The molecule has 2 nitrogen and oxygen atoms in total. The maximum atomic E-state index is 2.50. The van der Waals surface area contributed by atoms with Crippen molar-refractivity contribution in [1.29, 1.82) is 0 Å². The molecule has 0 aliphatic carbocycles. The third kappa shape index (κ3) is 3.23. The van der Waals surface area contributed by atoms with Crippen LogP contribution in [0.5, 0.6) is 0 Å². The van der Waals surface area contributed by atoms with Crippen molar-refractivity contribution < 1.29 is 0 Å². The molecule has 0 fully saturated rings. The van der Waals surface area contributed by atoms with Crippen LogP contribution in [0.2, 0.25) is 0 Å². The number of nitrogens with zero attached hydrogens (tertiary/aromatic N) is 2. The van der Waals surface area contributed by atoms with E-state index in [1.165, 1.54) is 77.2 Å². The first kappa shape index (κ1) is 24.9. The zero-order valence-corrected chi connectivity index (χ0v) is 25.7. The number of para-hydroxylation sites is 3. The molecule has 4 heterocycles. The van der Waals surface area contributed by atoms with E-state index in [4.69, 9.17) is 0 Å². The van der Waals surface area contributed by atoms with Crippen LogP contribution in [0.15, 0.2) is 121 Å². The summed E-state index contributed by atoms with van der Waals surface area (Å²) >= 11 is 1.87. The Balaban J connectivity index is 1.18. The molecule has 0 bridgehead atoms. The van der Waals surface area contributed by atoms with Gasteiger partial charge in [0.25, 0.3) is 0 Å². The maximum Gasteiger partial charge on any atom is 0.0610 e. The average molecular weight is 573 g/mol. The number of thiophene rings is 1. The van der Waals surface area contributed by atoms with Crippen LogP contribution >= 0.6 is 11.3 Å². The van der Waals surface area contributed by atoms with Gasteiger partial charge in [-0.2, -0.15) is 0 Å². The SMILES string of the molecule is CC1(C)c2ccccc2N(c2ccc(-c3ccc4c(c3)c3cccc5c3n4-c3ccsc3C5(C)C)cc2)c2ccccc21. The molecule has 2 aromatic heterocycles. The molecule has 2 aliphatic rings. The van der Waals surface area contributed by atoms with Crippen LogP contribution in [0, 0.1) is 0 Å². The predicted octanol–water partition coefficient (Wildman–Crippen LogP) is 11.3. The summed E-state index contributed by atoms with van der Waals surface area (Å²) in [5.41, 5.74) is 14.2. The Hall–Kier alpha value is -4.60. The van der Waals surface area contributed by atoms with E-state index in [2.05, 4.69) is 158 Å². The van der Waals surface area contributed by atoms with Gasteiger partial charge in [-0.05, 0) is 75.7 Å². The van der Waals surface area contributed by atoms with Crippen LogP contribution in [0.3, 0.4) is 0 Å². The van der Waals surface area contributed by atoms with E-state index in [9.17, 15) is 0 Å². The molecule has 0 saturated carbocycles. The van der Waals surface area contributed by atoms with Gasteiger partial charge in [-0.15, -0.1) is 11.3 Å². The number of aromatic nitrogens is 1. The summed E-state index contributed by atoms with van der Waals surface area (Å²) in [7, 11) is 0. The Morgan fingerprint density at radius 3 is 1.91 bits per heavy atom. The second kappa shape index (κ2) is 8.49. The van der Waals surface area contributed by atoms with Gasteiger partial charge in [0.2, 0.25) is 0 Å². The van der Waals surface area contributed by atoms with Gasteiger partial charge in [0, 0.05) is 32.2 Å². The van der Waals surface area contributed by atoms with Gasteiger partial charge in [-0.3, -0.25) is 0 Å². The minimum Gasteiger partial charge on any atom is -0.310 e. The molecule has 0 spiro atoms. The van der Waals surface area contributed by atoms with Gasteiger partial charge < -0.3 is 9.47 Å². The predicted molar refractivity (Wildman–Crippen MR) is 183 cm³/mol. The van der Waals surface area contributed by atoms with E-state index in [1.54, 1.807) is 0 Å². The summed E-state index contributed by atoms with van der Waals surface area (Å²) in [6, 6.07) is 43.0. The molecular weight excluding hydrogens is 541 g/mol. The molecule has 2 aliphatic heterocycles. The lowest BCUT2D eigenvalue weighted by atomic mass is 9.73. The Morgan fingerprint density at radius 1 is 0.535 bits per heavy atom. The van der Waals surface area contributed by atoms with Gasteiger partial charge in [0.15, 0.2) is 0 Å². The number of fused-ring (bicyclic) bond motifs is 7. The van der Waals surface area contributed by atoms with E-state index >= 15 is 0 Å². The van der Waals surface area contributed by atoms with Gasteiger partial charge in [0.05, 0.1) is 28.1 Å². The number of rotatable bonds is 2. The van der Waals surface area contributed by atoms with Crippen molar-refractivity contribution in [3.05, 3.63) is 142 Å². The highest BCUT2D eigenvalue weighted by atomic mass is 32.1. The zero-order chi connectivity index (χ0) is 29.1. The maximum absolute atomic E-state index is 2.50. The first-order valence-corrected chi connectivity index (χ1v) is 16.0. The van der Waals surface area contributed by atoms with Crippen LogP contribution in [0.1, 0.15) is 49.3 Å². The summed E-state index contributed by atoms with van der Waals surface area (Å²) in [6.07, 6.45) is 0. The number of anilines is 3. The van der Waals surface area contributed by atoms with E-state index in [0.717, 1.165) is 0 Å². The van der Waals surface area contributed by atoms with E-state index in [-0.39, 0.29) is 10.8 Å². The average Bonchev–Trinajstić information content (AvgIpc) is 3.65. The van der Waals surface area contributed by atoms with Gasteiger partial charge >= 0.3 is 0 Å². The molecule has 0 unspecified atom stereocenters. The van der Waals surface area contributed by atoms with Crippen molar-refractivity contribution in [2.24, 2.45) is 0 Å². The largest absolute Gasteiger partial charge is 0.310 e. The normalized spacial score (nSPS) is 15.8. The van der Waals surface area contributed by atoms with Crippen LogP contribution < -0.4 is 4.90 Å². The number of hydrogen-bond acceptors (Lipinski definition) is 2. The molecule has 0 radical (unpaired) electrons. The molecule has 0 amide bonds. The van der Waals surface area contributed by atoms with Crippen molar-refractivity contribution in [3.63, 3.8) is 0 Å². The molecule has 0 atom stereocenters. The molecule has 0 saturated heterocycles. The minimum atomic E-state index is -0.0570. The van der Waals surface area contributed by atoms with E-state index in [1.807, 2.05) is 11.3 Å². The van der Waals surface area contributed by atoms with Crippen molar-refractivity contribution in [1.82, 2.24) is 4.57 Å². The van der Waals surface area contributed by atoms with Gasteiger partial charge in [-0.1, -0.05) is 100 Å². The third-order valence-electron chi connectivity index (χ3n) is 10.0. The van der Waals surface area contributed by atoms with Crippen molar-refractivity contribution >= 4 is 50.2 Å². The highest BCUT2D eigenvalue weighted by Crippen LogP contribution is 2.52. The van der Waals surface area contributed by atoms with E-state index < -0.39 is 0 Å². The van der Waals surface area contributed by atoms with Gasteiger partial charge in [-0.25, -0.2) is 0 Å². The van der Waals surface area contributed by atoms with Crippen molar-refractivity contribution in [2.45, 2.75) is 38.5 Å². The summed E-state index contributed by atoms with van der Waals surface area (Å²) in [5.74, 6) is 0. The summed E-state index contributed by atoms with van der Waals surface area (Å²) in [6.45, 7) is 9.40. The quantitative estimate of drug-likeness (QED) is 0.200. The molecule has 208 valence electrons. The molecule has 3 heteroatoms. The second-order valence-corrected chi connectivity index (χ2v) is 14.0. The van der Waals surface area contributed by atoms with Crippen molar-refractivity contribution in [3.8, 4) is 16.8 Å². The molecule has 0 N–H and O–H groups in total. The molecular formula is C40H32N2S. The monoisotopic (exact) mass is 572 g/mol. The number of benzene rings is 5. The Kier molecular flexibility index (Phi) is 4.93. The standard InChI is InChI=1S/C40H32N2S/c1-39(2)30-11-5-7-14-34(30)41(35-15-8-6-12-31(35)39)27-19-16-25(17-20-27)26-18-21-33-29(24-26)28-10-9-13-32-37(28)42(33)36-22-23-43-38(36)40(32,3)4/h5-24H,1-4H3. The highest BCUT2D eigenvalue weighted by molar-refractivity contribution is 7.10. The van der Waals surface area contributed by atoms with Crippen LogP contribution in [-0.4, -0.2) is 4.57 Å². The first-order valence-electron chi connectivity index (χ1n) is 15.1. The number of hydrogen-bond donors (Lipinski definition) is 0. The van der Waals surface area contributed by atoms with Gasteiger partial charge in [0.1, 0.15) is 0 Å². The van der Waals surface area contributed by atoms with Crippen LogP contribution in [0.4, 0.5) is 17.1 Å². The van der Waals surface area contributed by atoms with Crippen molar-refractivity contribution in [2.75, 3.05) is 4.90 Å². The second-order valence-electron chi connectivity index (χ2n) is 13.1. The minimum absolute atomic E-state index is 0.00699. The zero-order valence-electron chi connectivity index (χ0n) is 24.8. The van der Waals surface area contributed by atoms with Crippen LogP contribution in [0.25, 0.3) is 38.6 Å². The summed E-state index contributed by atoms with van der Waals surface area (Å²) in [5, 5.41) is 4.89. The fourth-order valence-corrected chi connectivity index (χ4v) is 8.84. The molecule has 43 heavy (non-hydrogen) atoms. The first-order chi connectivity index (χ1) is 20.9. The Bertz CT molecular complexity index is 2190. The summed E-state index contributed by atoms with van der Waals surface area (Å²) in [4.78, 5) is 3.86. The topological polar surface area (TPSA) is 8.17 Å². The lowest BCUT2D eigenvalue weighted by molar-refractivity contribution is 0.632. The molecule has 7 aromatic rings. The third-order valence-corrected chi connectivity index (χ3v) is 11.2. The molecule has 5 aromatic carbocycles. The molecule has 9 rings (SSSR count). The van der Waals surface area contributed by atoms with Crippen LogP contribution in [-0.2, 0) is 10.8 Å². The summed E-state index contributed by atoms with van der Waals surface area (Å²) < 4.78 is 2.50.